The van der Waals surface area contributed by atoms with Crippen molar-refractivity contribution in [1.29, 1.82) is 0 Å². The van der Waals surface area contributed by atoms with Crippen LogP contribution >= 0.6 is 0 Å². The molecule has 3 aromatic carbocycles. The van der Waals surface area contributed by atoms with E-state index in [4.69, 9.17) is 4.74 Å². The number of carboxylic acid groups (broad SMARTS) is 1. The van der Waals surface area contributed by atoms with Gasteiger partial charge in [-0.15, -0.1) is 0 Å². The molecular formula is C23H23NO5S. The summed E-state index contributed by atoms with van der Waals surface area (Å²) in [6.45, 7) is 6.09. The Morgan fingerprint density at radius 3 is 2.17 bits per heavy atom. The number of sulfonamides is 1. The molecule has 0 saturated heterocycles. The molecule has 0 bridgehead atoms. The Labute approximate surface area is 176 Å². The fourth-order valence-electron chi connectivity index (χ4n) is 3.15. The number of benzene rings is 3. The summed E-state index contributed by atoms with van der Waals surface area (Å²) >= 11 is 0. The molecule has 0 spiro atoms. The number of carboxylic acids is 1. The molecule has 30 heavy (non-hydrogen) atoms. The monoisotopic (exact) mass is 425 g/mol. The van der Waals surface area contributed by atoms with Crippen molar-refractivity contribution in [3.05, 3.63) is 88.5 Å². The van der Waals surface area contributed by atoms with Crippen LogP contribution in [0.2, 0.25) is 0 Å². The Kier molecular flexibility index (Phi) is 6.12. The van der Waals surface area contributed by atoms with Gasteiger partial charge in [-0.2, -0.15) is 0 Å². The van der Waals surface area contributed by atoms with Gasteiger partial charge in [0.1, 0.15) is 12.4 Å². The van der Waals surface area contributed by atoms with Crippen LogP contribution in [0.3, 0.4) is 0 Å². The first-order valence-corrected chi connectivity index (χ1v) is 10.8. The second kappa shape index (κ2) is 8.59. The van der Waals surface area contributed by atoms with Gasteiger partial charge in [0, 0.05) is 5.69 Å². The number of hydrogen-bond donors (Lipinski definition) is 2. The van der Waals surface area contributed by atoms with Crippen LogP contribution in [0, 0.1) is 20.8 Å². The standard InChI is InChI=1S/C23H23NO5S/c1-15-10-16(2)12-18(11-15)14-29-20-7-5-19(6-8-20)24-30(27,28)21-9-4-17(3)22(13-21)23(25)26/h4-13,24H,14H2,1-3H3,(H,25,26). The molecule has 0 aliphatic heterocycles. The third-order valence-electron chi connectivity index (χ3n) is 4.54. The van der Waals surface area contributed by atoms with Crippen LogP contribution in [0.15, 0.2) is 65.6 Å². The summed E-state index contributed by atoms with van der Waals surface area (Å²) in [5.41, 5.74) is 4.19. The van der Waals surface area contributed by atoms with Gasteiger partial charge in [0.25, 0.3) is 10.0 Å². The van der Waals surface area contributed by atoms with E-state index < -0.39 is 16.0 Å². The van der Waals surface area contributed by atoms with Crippen molar-refractivity contribution in [1.82, 2.24) is 0 Å². The van der Waals surface area contributed by atoms with Crippen LogP contribution in [-0.4, -0.2) is 19.5 Å². The average molecular weight is 426 g/mol. The first-order valence-electron chi connectivity index (χ1n) is 9.31. The van der Waals surface area contributed by atoms with Gasteiger partial charge in [-0.1, -0.05) is 35.4 Å². The summed E-state index contributed by atoms with van der Waals surface area (Å²) in [6, 6.07) is 16.8. The van der Waals surface area contributed by atoms with E-state index in [1.807, 2.05) is 13.8 Å². The molecule has 0 atom stereocenters. The van der Waals surface area contributed by atoms with Gasteiger partial charge in [-0.05, 0) is 68.3 Å². The second-order valence-electron chi connectivity index (χ2n) is 7.20. The molecule has 3 rings (SSSR count). The van der Waals surface area contributed by atoms with Gasteiger partial charge < -0.3 is 9.84 Å². The van der Waals surface area contributed by atoms with Crippen molar-refractivity contribution >= 4 is 21.7 Å². The zero-order valence-corrected chi connectivity index (χ0v) is 17.8. The van der Waals surface area contributed by atoms with Gasteiger partial charge in [-0.25, -0.2) is 13.2 Å². The van der Waals surface area contributed by atoms with Crippen molar-refractivity contribution in [2.45, 2.75) is 32.3 Å². The molecule has 0 aromatic heterocycles. The van der Waals surface area contributed by atoms with E-state index in [1.165, 1.54) is 23.3 Å². The number of nitrogens with one attached hydrogen (secondary N) is 1. The van der Waals surface area contributed by atoms with Crippen LogP contribution in [0.5, 0.6) is 5.75 Å². The number of aromatic carboxylic acids is 1. The number of aryl methyl sites for hydroxylation is 3. The minimum absolute atomic E-state index is 0.0481. The topological polar surface area (TPSA) is 92.7 Å². The van der Waals surface area contributed by atoms with Crippen LogP contribution in [-0.2, 0) is 16.6 Å². The van der Waals surface area contributed by atoms with Crippen molar-refractivity contribution < 1.29 is 23.1 Å². The summed E-state index contributed by atoms with van der Waals surface area (Å²) < 4.78 is 33.5. The normalized spacial score (nSPS) is 11.2. The Morgan fingerprint density at radius 2 is 1.57 bits per heavy atom. The van der Waals surface area contributed by atoms with Crippen LogP contribution < -0.4 is 9.46 Å². The summed E-state index contributed by atoms with van der Waals surface area (Å²) in [4.78, 5) is 11.2. The highest BCUT2D eigenvalue weighted by molar-refractivity contribution is 7.92. The highest BCUT2D eigenvalue weighted by atomic mass is 32.2. The van der Waals surface area contributed by atoms with Crippen LogP contribution in [0.1, 0.15) is 32.6 Å². The lowest BCUT2D eigenvalue weighted by molar-refractivity contribution is 0.0696. The second-order valence-corrected chi connectivity index (χ2v) is 8.88. The number of carbonyl (C=O) groups is 1. The molecule has 0 unspecified atom stereocenters. The fourth-order valence-corrected chi connectivity index (χ4v) is 4.24. The zero-order valence-electron chi connectivity index (χ0n) is 17.0. The third kappa shape index (κ3) is 5.18. The zero-order chi connectivity index (χ0) is 21.9. The molecule has 0 radical (unpaired) electrons. The maximum atomic E-state index is 12.6. The number of ether oxygens (including phenoxy) is 1. The molecule has 156 valence electrons. The van der Waals surface area contributed by atoms with Gasteiger partial charge in [-0.3, -0.25) is 4.72 Å². The number of hydrogen-bond acceptors (Lipinski definition) is 4. The van der Waals surface area contributed by atoms with E-state index in [1.54, 1.807) is 31.2 Å². The van der Waals surface area contributed by atoms with Crippen LogP contribution in [0.4, 0.5) is 5.69 Å². The molecule has 0 heterocycles. The first kappa shape index (κ1) is 21.4. The molecule has 0 amide bonds. The summed E-state index contributed by atoms with van der Waals surface area (Å²) in [7, 11) is -3.92. The predicted molar refractivity (Wildman–Crippen MR) is 116 cm³/mol. The number of anilines is 1. The SMILES string of the molecule is Cc1cc(C)cc(COc2ccc(NS(=O)(=O)c3ccc(C)c(C(=O)O)c3)cc2)c1. The summed E-state index contributed by atoms with van der Waals surface area (Å²) in [5.74, 6) is -0.560. The van der Waals surface area contributed by atoms with Gasteiger partial charge in [0.05, 0.1) is 10.5 Å². The molecule has 7 heteroatoms. The van der Waals surface area contributed by atoms with Crippen molar-refractivity contribution in [3.8, 4) is 5.75 Å². The van der Waals surface area contributed by atoms with Crippen molar-refractivity contribution in [3.63, 3.8) is 0 Å². The lowest BCUT2D eigenvalue weighted by atomic mass is 10.1. The van der Waals surface area contributed by atoms with Gasteiger partial charge in [0.2, 0.25) is 0 Å². The molecule has 3 aromatic rings. The predicted octanol–water partition coefficient (Wildman–Crippen LogP) is 4.69. The number of rotatable bonds is 7. The maximum absolute atomic E-state index is 12.6. The summed E-state index contributed by atoms with van der Waals surface area (Å²) in [6.07, 6.45) is 0. The Bertz CT molecular complexity index is 1160. The van der Waals surface area contributed by atoms with Gasteiger partial charge >= 0.3 is 5.97 Å². The Hall–Kier alpha value is -3.32. The van der Waals surface area contributed by atoms with Crippen LogP contribution in [0.25, 0.3) is 0 Å². The summed E-state index contributed by atoms with van der Waals surface area (Å²) in [5, 5.41) is 9.21. The highest BCUT2D eigenvalue weighted by Crippen LogP contribution is 2.22. The molecule has 2 N–H and O–H groups in total. The molecule has 6 nitrogen and oxygen atoms in total. The molecule has 0 aliphatic rings. The Balaban J connectivity index is 1.70. The van der Waals surface area contributed by atoms with Crippen molar-refractivity contribution in [2.75, 3.05) is 4.72 Å². The van der Waals surface area contributed by atoms with E-state index >= 15 is 0 Å². The van der Waals surface area contributed by atoms with Gasteiger partial charge in [0.15, 0.2) is 0 Å². The maximum Gasteiger partial charge on any atom is 0.335 e. The molecule has 0 fully saturated rings. The third-order valence-corrected chi connectivity index (χ3v) is 5.92. The van der Waals surface area contributed by atoms with E-state index in [0.717, 1.165) is 11.6 Å². The Morgan fingerprint density at radius 1 is 0.933 bits per heavy atom. The lowest BCUT2D eigenvalue weighted by Gasteiger charge is -2.11. The van der Waals surface area contributed by atoms with E-state index in [2.05, 4.69) is 22.9 Å². The molecule has 0 saturated carbocycles. The molecular weight excluding hydrogens is 402 g/mol. The average Bonchev–Trinajstić information content (AvgIpc) is 2.66. The molecule has 0 aliphatic carbocycles. The van der Waals surface area contributed by atoms with Crippen molar-refractivity contribution in [2.24, 2.45) is 0 Å². The highest BCUT2D eigenvalue weighted by Gasteiger charge is 2.18. The van der Waals surface area contributed by atoms with E-state index in [-0.39, 0.29) is 10.5 Å². The quantitative estimate of drug-likeness (QED) is 0.573. The largest absolute Gasteiger partial charge is 0.489 e. The minimum Gasteiger partial charge on any atom is -0.489 e. The lowest BCUT2D eigenvalue weighted by Crippen LogP contribution is -2.14. The van der Waals surface area contributed by atoms with E-state index in [9.17, 15) is 18.3 Å². The first-order chi connectivity index (χ1) is 14.1. The fraction of sp³-hybridized carbons (Fsp3) is 0.174. The minimum atomic E-state index is -3.92. The van der Waals surface area contributed by atoms with E-state index in [0.29, 0.717) is 23.6 Å². The smallest absolute Gasteiger partial charge is 0.335 e.